The van der Waals surface area contributed by atoms with Gasteiger partial charge in [-0.25, -0.2) is 4.98 Å². The summed E-state index contributed by atoms with van der Waals surface area (Å²) in [5.74, 6) is 1.83. The van der Waals surface area contributed by atoms with Crippen LogP contribution in [0.25, 0.3) is 16.6 Å². The van der Waals surface area contributed by atoms with Crippen molar-refractivity contribution in [1.29, 1.82) is 0 Å². The molecule has 7 heteroatoms. The van der Waals surface area contributed by atoms with Crippen LogP contribution in [0.3, 0.4) is 0 Å². The first-order valence-corrected chi connectivity index (χ1v) is 11.6. The number of aromatic nitrogens is 2. The Morgan fingerprint density at radius 2 is 1.88 bits per heavy atom. The van der Waals surface area contributed by atoms with Crippen LogP contribution in [0.5, 0.6) is 11.5 Å². The summed E-state index contributed by atoms with van der Waals surface area (Å²) in [6, 6.07) is 20.1. The van der Waals surface area contributed by atoms with Crippen molar-refractivity contribution in [1.82, 2.24) is 9.55 Å². The standard InChI is InChI=1S/C26H24N2O4S/c1-4-32-24-13-12-18(17(2)29)14-19(24)16-33-26-27-23-11-6-5-10-22(23)25(30)28(26)20-8-7-9-21(15-20)31-3/h5-15H,4,16H2,1-3H3. The van der Waals surface area contributed by atoms with Crippen LogP contribution in [-0.4, -0.2) is 29.1 Å². The number of hydrogen-bond acceptors (Lipinski definition) is 6. The fourth-order valence-corrected chi connectivity index (χ4v) is 4.53. The van der Waals surface area contributed by atoms with Crippen LogP contribution in [-0.2, 0) is 5.75 Å². The summed E-state index contributed by atoms with van der Waals surface area (Å²) < 4.78 is 12.7. The Labute approximate surface area is 196 Å². The Morgan fingerprint density at radius 3 is 2.64 bits per heavy atom. The normalized spacial score (nSPS) is 10.9. The van der Waals surface area contributed by atoms with Crippen molar-refractivity contribution < 1.29 is 14.3 Å². The minimum Gasteiger partial charge on any atom is -0.497 e. The Bertz CT molecular complexity index is 1380. The molecular formula is C26H24N2O4S. The maximum Gasteiger partial charge on any atom is 0.266 e. The predicted octanol–water partition coefficient (Wildman–Crippen LogP) is 5.29. The van der Waals surface area contributed by atoms with Gasteiger partial charge in [-0.3, -0.25) is 14.2 Å². The molecule has 0 unspecified atom stereocenters. The number of nitrogens with zero attached hydrogens (tertiary/aromatic N) is 2. The number of ketones is 1. The van der Waals surface area contributed by atoms with Gasteiger partial charge in [0.05, 0.1) is 30.3 Å². The highest BCUT2D eigenvalue weighted by Crippen LogP contribution is 2.30. The minimum atomic E-state index is -0.154. The molecule has 1 aromatic heterocycles. The Morgan fingerprint density at radius 1 is 1.06 bits per heavy atom. The van der Waals surface area contributed by atoms with Crippen molar-refractivity contribution in [2.24, 2.45) is 0 Å². The average molecular weight is 461 g/mol. The molecule has 0 aliphatic heterocycles. The monoisotopic (exact) mass is 460 g/mol. The van der Waals surface area contributed by atoms with E-state index in [1.165, 1.54) is 18.7 Å². The lowest BCUT2D eigenvalue weighted by Gasteiger charge is -2.15. The fourth-order valence-electron chi connectivity index (χ4n) is 3.54. The Kier molecular flexibility index (Phi) is 6.79. The molecule has 168 valence electrons. The van der Waals surface area contributed by atoms with Gasteiger partial charge in [-0.15, -0.1) is 0 Å². The van der Waals surface area contributed by atoms with Gasteiger partial charge < -0.3 is 9.47 Å². The van der Waals surface area contributed by atoms with Gasteiger partial charge in [-0.1, -0.05) is 30.0 Å². The second kappa shape index (κ2) is 9.92. The average Bonchev–Trinajstić information content (AvgIpc) is 2.83. The van der Waals surface area contributed by atoms with Gasteiger partial charge in [0, 0.05) is 22.9 Å². The van der Waals surface area contributed by atoms with Crippen molar-refractivity contribution in [2.75, 3.05) is 13.7 Å². The van der Waals surface area contributed by atoms with Crippen molar-refractivity contribution in [2.45, 2.75) is 24.8 Å². The highest BCUT2D eigenvalue weighted by Gasteiger charge is 2.16. The van der Waals surface area contributed by atoms with Crippen LogP contribution in [0.1, 0.15) is 29.8 Å². The molecule has 0 spiro atoms. The highest BCUT2D eigenvalue weighted by molar-refractivity contribution is 7.98. The number of ether oxygens (including phenoxy) is 2. The molecule has 0 amide bonds. The molecule has 0 fully saturated rings. The van der Waals surface area contributed by atoms with E-state index in [0.717, 1.165) is 5.56 Å². The lowest BCUT2D eigenvalue weighted by Crippen LogP contribution is -2.21. The zero-order chi connectivity index (χ0) is 23.4. The number of Topliss-reactive ketones (excluding diaryl/α,β-unsaturated/α-hetero) is 1. The van der Waals surface area contributed by atoms with Gasteiger partial charge in [0.1, 0.15) is 11.5 Å². The number of para-hydroxylation sites is 1. The van der Waals surface area contributed by atoms with Gasteiger partial charge in [0.2, 0.25) is 0 Å². The van der Waals surface area contributed by atoms with Crippen LogP contribution >= 0.6 is 11.8 Å². The van der Waals surface area contributed by atoms with Crippen molar-refractivity contribution in [3.8, 4) is 17.2 Å². The molecule has 4 rings (SSSR count). The lowest BCUT2D eigenvalue weighted by atomic mass is 10.1. The molecule has 0 atom stereocenters. The van der Waals surface area contributed by atoms with Gasteiger partial charge >= 0.3 is 0 Å². The number of rotatable bonds is 8. The molecule has 3 aromatic carbocycles. The predicted molar refractivity (Wildman–Crippen MR) is 131 cm³/mol. The van der Waals surface area contributed by atoms with E-state index in [0.29, 0.717) is 51.2 Å². The van der Waals surface area contributed by atoms with E-state index in [1.807, 2.05) is 61.5 Å². The first kappa shape index (κ1) is 22.6. The molecule has 6 nitrogen and oxygen atoms in total. The first-order valence-electron chi connectivity index (χ1n) is 10.6. The SMILES string of the molecule is CCOc1ccc(C(C)=O)cc1CSc1nc2ccccc2c(=O)n1-c1cccc(OC)c1. The fraction of sp³-hybridized carbons (Fsp3) is 0.192. The topological polar surface area (TPSA) is 70.4 Å². The zero-order valence-electron chi connectivity index (χ0n) is 18.7. The first-order chi connectivity index (χ1) is 16.0. The summed E-state index contributed by atoms with van der Waals surface area (Å²) >= 11 is 1.42. The maximum absolute atomic E-state index is 13.5. The van der Waals surface area contributed by atoms with E-state index in [2.05, 4.69) is 0 Å². The summed E-state index contributed by atoms with van der Waals surface area (Å²) in [7, 11) is 1.59. The number of hydrogen-bond donors (Lipinski definition) is 0. The number of fused-ring (bicyclic) bond motifs is 1. The second-order valence-corrected chi connectivity index (χ2v) is 8.30. The molecule has 0 saturated carbocycles. The van der Waals surface area contributed by atoms with E-state index in [4.69, 9.17) is 14.5 Å². The van der Waals surface area contributed by atoms with Crippen molar-refractivity contribution in [3.05, 3.63) is 88.2 Å². The van der Waals surface area contributed by atoms with Gasteiger partial charge in [-0.05, 0) is 56.3 Å². The quantitative estimate of drug-likeness (QED) is 0.202. The zero-order valence-corrected chi connectivity index (χ0v) is 19.5. The second-order valence-electron chi connectivity index (χ2n) is 7.35. The van der Waals surface area contributed by atoms with E-state index < -0.39 is 0 Å². The maximum atomic E-state index is 13.5. The molecular weight excluding hydrogens is 436 g/mol. The van der Waals surface area contributed by atoms with Crippen LogP contribution in [0, 0.1) is 0 Å². The molecule has 1 heterocycles. The number of carbonyl (C=O) groups excluding carboxylic acids is 1. The molecule has 0 N–H and O–H groups in total. The molecule has 33 heavy (non-hydrogen) atoms. The summed E-state index contributed by atoms with van der Waals surface area (Å²) in [5.41, 5.74) is 2.63. The van der Waals surface area contributed by atoms with Crippen LogP contribution in [0.2, 0.25) is 0 Å². The molecule has 0 radical (unpaired) electrons. The van der Waals surface area contributed by atoms with Crippen molar-refractivity contribution in [3.63, 3.8) is 0 Å². The van der Waals surface area contributed by atoms with E-state index in [1.54, 1.807) is 23.8 Å². The number of carbonyl (C=O) groups is 1. The third-order valence-electron chi connectivity index (χ3n) is 5.18. The van der Waals surface area contributed by atoms with Crippen LogP contribution in [0.15, 0.2) is 76.7 Å². The number of methoxy groups -OCH3 is 1. The third-order valence-corrected chi connectivity index (χ3v) is 6.17. The van der Waals surface area contributed by atoms with Gasteiger partial charge in [0.25, 0.3) is 5.56 Å². The van der Waals surface area contributed by atoms with Gasteiger partial charge in [-0.2, -0.15) is 0 Å². The smallest absolute Gasteiger partial charge is 0.266 e. The van der Waals surface area contributed by atoms with Crippen LogP contribution < -0.4 is 15.0 Å². The summed E-state index contributed by atoms with van der Waals surface area (Å²) in [5, 5.41) is 1.08. The van der Waals surface area contributed by atoms with E-state index in [9.17, 15) is 9.59 Å². The summed E-state index contributed by atoms with van der Waals surface area (Å²) in [6.45, 7) is 3.97. The molecule has 0 aliphatic carbocycles. The molecule has 0 bridgehead atoms. The van der Waals surface area contributed by atoms with Gasteiger partial charge in [0.15, 0.2) is 10.9 Å². The summed E-state index contributed by atoms with van der Waals surface area (Å²) in [4.78, 5) is 30.2. The van der Waals surface area contributed by atoms with Crippen LogP contribution in [0.4, 0.5) is 0 Å². The molecule has 4 aromatic rings. The highest BCUT2D eigenvalue weighted by atomic mass is 32.2. The number of benzene rings is 3. The van der Waals surface area contributed by atoms with E-state index >= 15 is 0 Å². The molecule has 0 aliphatic rings. The Balaban J connectivity index is 1.82. The largest absolute Gasteiger partial charge is 0.497 e. The van der Waals surface area contributed by atoms with Crippen molar-refractivity contribution >= 4 is 28.4 Å². The Hall–Kier alpha value is -3.58. The number of thioether (sulfide) groups is 1. The third kappa shape index (κ3) is 4.78. The molecule has 0 saturated heterocycles. The summed E-state index contributed by atoms with van der Waals surface area (Å²) in [6.07, 6.45) is 0. The van der Waals surface area contributed by atoms with E-state index in [-0.39, 0.29) is 11.3 Å². The minimum absolute atomic E-state index is 0.0126. The lowest BCUT2D eigenvalue weighted by molar-refractivity contribution is 0.101.